The number of halogens is 1. The third-order valence-electron chi connectivity index (χ3n) is 5.60. The average Bonchev–Trinajstić information content (AvgIpc) is 2.85. The molecule has 0 unspecified atom stereocenters. The lowest BCUT2D eigenvalue weighted by molar-refractivity contribution is 0.0951. The SMILES string of the molecule is Cc1ccc(S(=O)(=O)Nc2cccc(C(=O)NCc3ccc(N4CCOCC4)cc3)c2)cc1F. The van der Waals surface area contributed by atoms with Gasteiger partial charge in [-0.1, -0.05) is 24.3 Å². The quantitative estimate of drug-likeness (QED) is 0.535. The molecule has 0 bridgehead atoms. The molecule has 1 fully saturated rings. The molecule has 3 aromatic carbocycles. The fraction of sp³-hybridized carbons (Fsp3) is 0.240. The van der Waals surface area contributed by atoms with Gasteiger partial charge in [-0.15, -0.1) is 0 Å². The van der Waals surface area contributed by atoms with E-state index in [9.17, 15) is 17.6 Å². The minimum Gasteiger partial charge on any atom is -0.378 e. The molecule has 1 saturated heterocycles. The fourth-order valence-corrected chi connectivity index (χ4v) is 4.67. The maximum Gasteiger partial charge on any atom is 0.261 e. The number of nitrogens with zero attached hydrogens (tertiary/aromatic N) is 1. The number of anilines is 2. The number of rotatable bonds is 7. The van der Waals surface area contributed by atoms with Crippen molar-refractivity contribution in [3.63, 3.8) is 0 Å². The standard InChI is InChI=1S/C25H26FN3O4S/c1-18-5-10-23(16-24(18)26)34(31,32)28-21-4-2-3-20(15-21)25(30)27-17-19-6-8-22(9-7-19)29-11-13-33-14-12-29/h2-10,15-16,28H,11-14,17H2,1H3,(H,27,30). The van der Waals surface area contributed by atoms with E-state index < -0.39 is 15.8 Å². The van der Waals surface area contributed by atoms with Gasteiger partial charge in [0.25, 0.3) is 15.9 Å². The summed E-state index contributed by atoms with van der Waals surface area (Å²) in [7, 11) is -4.00. The van der Waals surface area contributed by atoms with E-state index in [1.54, 1.807) is 19.1 Å². The van der Waals surface area contributed by atoms with Crippen LogP contribution in [0.4, 0.5) is 15.8 Å². The molecule has 9 heteroatoms. The van der Waals surface area contributed by atoms with Crippen molar-refractivity contribution in [1.82, 2.24) is 5.32 Å². The van der Waals surface area contributed by atoms with Gasteiger partial charge in [0, 0.05) is 36.6 Å². The van der Waals surface area contributed by atoms with E-state index in [4.69, 9.17) is 4.74 Å². The van der Waals surface area contributed by atoms with Crippen LogP contribution in [0, 0.1) is 12.7 Å². The van der Waals surface area contributed by atoms with Crippen molar-refractivity contribution in [2.75, 3.05) is 35.9 Å². The molecule has 1 aliphatic rings. The first-order chi connectivity index (χ1) is 16.3. The van der Waals surface area contributed by atoms with Crippen LogP contribution in [0.15, 0.2) is 71.6 Å². The van der Waals surface area contributed by atoms with Gasteiger partial charge < -0.3 is 15.0 Å². The number of ether oxygens (including phenoxy) is 1. The molecule has 7 nitrogen and oxygen atoms in total. The molecular weight excluding hydrogens is 457 g/mol. The van der Waals surface area contributed by atoms with E-state index >= 15 is 0 Å². The predicted molar refractivity (Wildman–Crippen MR) is 129 cm³/mol. The van der Waals surface area contributed by atoms with Gasteiger partial charge in [-0.25, -0.2) is 12.8 Å². The van der Waals surface area contributed by atoms with Crippen molar-refractivity contribution < 1.29 is 22.3 Å². The number of nitrogens with one attached hydrogen (secondary N) is 2. The smallest absolute Gasteiger partial charge is 0.261 e. The van der Waals surface area contributed by atoms with Crippen LogP contribution in [-0.4, -0.2) is 40.6 Å². The van der Waals surface area contributed by atoms with E-state index in [1.807, 2.05) is 24.3 Å². The number of hydrogen-bond acceptors (Lipinski definition) is 5. The third-order valence-corrected chi connectivity index (χ3v) is 6.98. The van der Waals surface area contributed by atoms with Crippen molar-refractivity contribution >= 4 is 27.3 Å². The summed E-state index contributed by atoms with van der Waals surface area (Å²) in [6.45, 7) is 5.04. The molecule has 1 aliphatic heterocycles. The Kier molecular flexibility index (Phi) is 7.14. The first-order valence-corrected chi connectivity index (χ1v) is 12.4. The first kappa shape index (κ1) is 23.7. The summed E-state index contributed by atoms with van der Waals surface area (Å²) in [5.74, 6) is -0.936. The number of sulfonamides is 1. The summed E-state index contributed by atoms with van der Waals surface area (Å²) in [5.41, 5.74) is 2.94. The van der Waals surface area contributed by atoms with Crippen molar-refractivity contribution in [1.29, 1.82) is 0 Å². The molecule has 3 aromatic rings. The highest BCUT2D eigenvalue weighted by atomic mass is 32.2. The molecule has 1 heterocycles. The summed E-state index contributed by atoms with van der Waals surface area (Å²) in [6.07, 6.45) is 0. The molecule has 0 atom stereocenters. The van der Waals surface area contributed by atoms with Crippen molar-refractivity contribution in [3.8, 4) is 0 Å². The normalized spacial score (nSPS) is 14.0. The second kappa shape index (κ2) is 10.2. The largest absolute Gasteiger partial charge is 0.378 e. The minimum absolute atomic E-state index is 0.189. The lowest BCUT2D eigenvalue weighted by Crippen LogP contribution is -2.36. The average molecular weight is 484 g/mol. The van der Waals surface area contributed by atoms with Crippen LogP contribution in [0.2, 0.25) is 0 Å². The van der Waals surface area contributed by atoms with E-state index in [1.165, 1.54) is 24.3 Å². The molecule has 2 N–H and O–H groups in total. The first-order valence-electron chi connectivity index (χ1n) is 10.9. The van der Waals surface area contributed by atoms with Crippen LogP contribution in [-0.2, 0) is 21.3 Å². The summed E-state index contributed by atoms with van der Waals surface area (Å²) in [5, 5.41) is 2.85. The second-order valence-electron chi connectivity index (χ2n) is 8.05. The lowest BCUT2D eigenvalue weighted by Gasteiger charge is -2.28. The van der Waals surface area contributed by atoms with E-state index in [2.05, 4.69) is 14.9 Å². The van der Waals surface area contributed by atoms with Crippen LogP contribution < -0.4 is 14.9 Å². The molecule has 1 amide bonds. The van der Waals surface area contributed by atoms with Crippen LogP contribution in [0.3, 0.4) is 0 Å². The Morgan fingerprint density at radius 3 is 2.47 bits per heavy atom. The highest BCUT2D eigenvalue weighted by molar-refractivity contribution is 7.92. The Morgan fingerprint density at radius 1 is 1.03 bits per heavy atom. The van der Waals surface area contributed by atoms with Gasteiger partial charge in [0.2, 0.25) is 0 Å². The van der Waals surface area contributed by atoms with Gasteiger partial charge in [0.15, 0.2) is 0 Å². The highest BCUT2D eigenvalue weighted by Gasteiger charge is 2.17. The van der Waals surface area contributed by atoms with E-state index in [0.717, 1.165) is 43.6 Å². The van der Waals surface area contributed by atoms with E-state index in [-0.39, 0.29) is 16.5 Å². The Morgan fingerprint density at radius 2 is 1.76 bits per heavy atom. The molecule has 0 radical (unpaired) electrons. The van der Waals surface area contributed by atoms with Crippen LogP contribution in [0.25, 0.3) is 0 Å². The fourth-order valence-electron chi connectivity index (χ4n) is 3.61. The van der Waals surface area contributed by atoms with Crippen LogP contribution in [0.1, 0.15) is 21.5 Å². The van der Waals surface area contributed by atoms with Crippen LogP contribution in [0.5, 0.6) is 0 Å². The zero-order chi connectivity index (χ0) is 24.1. The van der Waals surface area contributed by atoms with Gasteiger partial charge in [0.05, 0.1) is 18.1 Å². The molecular formula is C25H26FN3O4S. The maximum atomic E-state index is 13.8. The zero-order valence-electron chi connectivity index (χ0n) is 18.8. The van der Waals surface area contributed by atoms with Gasteiger partial charge in [0.1, 0.15) is 5.82 Å². The summed E-state index contributed by atoms with van der Waals surface area (Å²) >= 11 is 0. The third kappa shape index (κ3) is 5.73. The molecule has 4 rings (SSSR count). The zero-order valence-corrected chi connectivity index (χ0v) is 19.6. The molecule has 0 aromatic heterocycles. The van der Waals surface area contributed by atoms with Crippen molar-refractivity contribution in [3.05, 3.63) is 89.2 Å². The molecule has 0 saturated carbocycles. The van der Waals surface area contributed by atoms with Crippen molar-refractivity contribution in [2.45, 2.75) is 18.4 Å². The minimum atomic E-state index is -4.00. The Balaban J connectivity index is 1.38. The van der Waals surface area contributed by atoms with Crippen molar-refractivity contribution in [2.24, 2.45) is 0 Å². The topological polar surface area (TPSA) is 87.7 Å². The summed E-state index contributed by atoms with van der Waals surface area (Å²) < 4.78 is 46.8. The van der Waals surface area contributed by atoms with Gasteiger partial charge in [-0.05, 0) is 60.5 Å². The summed E-state index contributed by atoms with van der Waals surface area (Å²) in [6, 6.07) is 17.8. The monoisotopic (exact) mass is 483 g/mol. The summed E-state index contributed by atoms with van der Waals surface area (Å²) in [4.78, 5) is 14.7. The number of carbonyl (C=O) groups excluding carboxylic acids is 1. The van der Waals surface area contributed by atoms with Crippen LogP contribution >= 0.6 is 0 Å². The molecule has 0 spiro atoms. The molecule has 0 aliphatic carbocycles. The molecule has 34 heavy (non-hydrogen) atoms. The van der Waals surface area contributed by atoms with E-state index in [0.29, 0.717) is 17.7 Å². The number of carbonyl (C=O) groups is 1. The Bertz CT molecular complexity index is 1270. The second-order valence-corrected chi connectivity index (χ2v) is 9.73. The number of benzene rings is 3. The van der Waals surface area contributed by atoms with Gasteiger partial charge in [-0.3, -0.25) is 9.52 Å². The Hall–Kier alpha value is -3.43. The predicted octanol–water partition coefficient (Wildman–Crippen LogP) is 3.70. The number of morpholine rings is 1. The number of hydrogen-bond donors (Lipinski definition) is 2. The maximum absolute atomic E-state index is 13.8. The number of amides is 1. The van der Waals surface area contributed by atoms with Gasteiger partial charge >= 0.3 is 0 Å². The number of aryl methyl sites for hydroxylation is 1. The van der Waals surface area contributed by atoms with Gasteiger partial charge in [-0.2, -0.15) is 0 Å². The highest BCUT2D eigenvalue weighted by Crippen LogP contribution is 2.20. The lowest BCUT2D eigenvalue weighted by atomic mass is 10.1. The Labute approximate surface area is 198 Å². The molecule has 178 valence electrons.